The number of aliphatic carboxylic acids is 1. The van der Waals surface area contributed by atoms with Gasteiger partial charge in [0.2, 0.25) is 5.91 Å². The molecule has 0 saturated heterocycles. The second kappa shape index (κ2) is 9.44. The molecule has 0 aromatic heterocycles. The van der Waals surface area contributed by atoms with Crippen molar-refractivity contribution in [2.75, 3.05) is 6.54 Å². The molecule has 0 bridgehead atoms. The van der Waals surface area contributed by atoms with Crippen LogP contribution in [0, 0.1) is 5.92 Å². The van der Waals surface area contributed by atoms with Gasteiger partial charge in [0.25, 0.3) is 0 Å². The minimum Gasteiger partial charge on any atom is -0.481 e. The summed E-state index contributed by atoms with van der Waals surface area (Å²) < 4.78 is 0. The van der Waals surface area contributed by atoms with Gasteiger partial charge in [-0.3, -0.25) is 14.9 Å². The number of carbonyl (C=O) groups is 3. The minimum absolute atomic E-state index is 0.0463. The molecule has 0 fully saturated rings. The zero-order valence-corrected chi connectivity index (χ0v) is 11.0. The van der Waals surface area contributed by atoms with Crippen LogP contribution in [0.25, 0.3) is 0 Å². The van der Waals surface area contributed by atoms with Crippen LogP contribution >= 0.6 is 0 Å². The average molecular weight is 258 g/mol. The van der Waals surface area contributed by atoms with Gasteiger partial charge in [-0.15, -0.1) is 0 Å². The van der Waals surface area contributed by atoms with Gasteiger partial charge in [0.1, 0.15) is 0 Å². The lowest BCUT2D eigenvalue weighted by atomic mass is 10.0. The average Bonchev–Trinajstić information content (AvgIpc) is 2.29. The molecule has 0 aromatic rings. The van der Waals surface area contributed by atoms with Crippen LogP contribution in [0.3, 0.4) is 0 Å². The van der Waals surface area contributed by atoms with Crippen molar-refractivity contribution in [2.45, 2.75) is 46.0 Å². The molecule has 0 spiro atoms. The quantitative estimate of drug-likeness (QED) is 0.614. The van der Waals surface area contributed by atoms with E-state index >= 15 is 0 Å². The fourth-order valence-corrected chi connectivity index (χ4v) is 1.45. The highest BCUT2D eigenvalue weighted by Crippen LogP contribution is 2.04. The van der Waals surface area contributed by atoms with E-state index in [0.29, 0.717) is 12.5 Å². The monoisotopic (exact) mass is 258 g/mol. The van der Waals surface area contributed by atoms with E-state index in [1.54, 1.807) is 0 Å². The van der Waals surface area contributed by atoms with Gasteiger partial charge in [-0.05, 0) is 12.3 Å². The van der Waals surface area contributed by atoms with Gasteiger partial charge in [0.15, 0.2) is 0 Å². The van der Waals surface area contributed by atoms with Crippen molar-refractivity contribution >= 4 is 17.9 Å². The molecular formula is C12H22N2O4. The van der Waals surface area contributed by atoms with Gasteiger partial charge >= 0.3 is 12.0 Å². The maximum atomic E-state index is 11.3. The second-order valence-corrected chi connectivity index (χ2v) is 4.19. The van der Waals surface area contributed by atoms with E-state index in [1.165, 1.54) is 0 Å². The van der Waals surface area contributed by atoms with E-state index in [4.69, 9.17) is 5.11 Å². The summed E-state index contributed by atoms with van der Waals surface area (Å²) in [6.45, 7) is 4.64. The first kappa shape index (κ1) is 16.4. The highest BCUT2D eigenvalue weighted by Gasteiger charge is 2.10. The lowest BCUT2D eigenvalue weighted by molar-refractivity contribution is -0.137. The van der Waals surface area contributed by atoms with Crippen molar-refractivity contribution in [1.29, 1.82) is 0 Å². The van der Waals surface area contributed by atoms with Crippen LogP contribution in [-0.4, -0.2) is 29.6 Å². The SMILES string of the molecule is CCC(CC)CNC(=O)NC(=O)CCCC(=O)O. The molecule has 0 aliphatic carbocycles. The topological polar surface area (TPSA) is 95.5 Å². The summed E-state index contributed by atoms with van der Waals surface area (Å²) in [7, 11) is 0. The molecule has 6 heteroatoms. The molecular weight excluding hydrogens is 236 g/mol. The molecule has 0 heterocycles. The Hall–Kier alpha value is -1.59. The highest BCUT2D eigenvalue weighted by atomic mass is 16.4. The summed E-state index contributed by atoms with van der Waals surface area (Å²) in [6, 6.07) is -0.512. The number of nitrogens with one attached hydrogen (secondary N) is 2. The maximum absolute atomic E-state index is 11.3. The number of carbonyl (C=O) groups excluding carboxylic acids is 2. The van der Waals surface area contributed by atoms with Gasteiger partial charge in [-0.1, -0.05) is 26.7 Å². The fourth-order valence-electron chi connectivity index (χ4n) is 1.45. The van der Waals surface area contributed by atoms with Gasteiger partial charge < -0.3 is 10.4 Å². The summed E-state index contributed by atoms with van der Waals surface area (Å²) in [5, 5.41) is 13.2. The molecule has 0 unspecified atom stereocenters. The minimum atomic E-state index is -0.944. The number of amides is 3. The van der Waals surface area contributed by atoms with Crippen molar-refractivity contribution in [2.24, 2.45) is 5.92 Å². The lowest BCUT2D eigenvalue weighted by Gasteiger charge is -2.13. The van der Waals surface area contributed by atoms with Crippen LogP contribution in [0.2, 0.25) is 0 Å². The van der Waals surface area contributed by atoms with Crippen LogP contribution in [-0.2, 0) is 9.59 Å². The first-order chi connectivity index (χ1) is 8.49. The molecule has 0 aliphatic heterocycles. The Balaban J connectivity index is 3.73. The molecule has 0 aromatic carbocycles. The number of hydrogen-bond donors (Lipinski definition) is 3. The standard InChI is InChI=1S/C12H22N2O4/c1-3-9(4-2)8-13-12(18)14-10(15)6-5-7-11(16)17/h9H,3-8H2,1-2H3,(H,16,17)(H2,13,14,15,18). The van der Waals surface area contributed by atoms with Crippen LogP contribution in [0.5, 0.6) is 0 Å². The third-order valence-electron chi connectivity index (χ3n) is 2.75. The molecule has 0 radical (unpaired) electrons. The number of carboxylic acids is 1. The smallest absolute Gasteiger partial charge is 0.321 e. The largest absolute Gasteiger partial charge is 0.481 e. The molecule has 3 N–H and O–H groups in total. The third-order valence-corrected chi connectivity index (χ3v) is 2.75. The number of urea groups is 1. The molecule has 0 atom stereocenters. The Morgan fingerprint density at radius 3 is 2.22 bits per heavy atom. The van der Waals surface area contributed by atoms with Crippen LogP contribution < -0.4 is 10.6 Å². The van der Waals surface area contributed by atoms with Crippen molar-refractivity contribution in [3.63, 3.8) is 0 Å². The first-order valence-electron chi connectivity index (χ1n) is 6.29. The molecule has 6 nitrogen and oxygen atoms in total. The Kier molecular flexibility index (Phi) is 8.61. The summed E-state index contributed by atoms with van der Waals surface area (Å²) in [5.74, 6) is -0.975. The Morgan fingerprint density at radius 1 is 1.11 bits per heavy atom. The Labute approximate surface area is 107 Å². The molecule has 3 amide bonds. The van der Waals surface area contributed by atoms with Gasteiger partial charge in [0.05, 0.1) is 0 Å². The van der Waals surface area contributed by atoms with Crippen LogP contribution in [0.15, 0.2) is 0 Å². The number of hydrogen-bond acceptors (Lipinski definition) is 3. The predicted molar refractivity (Wildman–Crippen MR) is 67.1 cm³/mol. The maximum Gasteiger partial charge on any atom is 0.321 e. The van der Waals surface area contributed by atoms with E-state index in [9.17, 15) is 14.4 Å². The number of imide groups is 1. The summed E-state index contributed by atoms with van der Waals surface area (Å²) in [6.07, 6.45) is 2.17. The number of carboxylic acid groups (broad SMARTS) is 1. The molecule has 104 valence electrons. The van der Waals surface area contributed by atoms with Crippen molar-refractivity contribution in [3.05, 3.63) is 0 Å². The highest BCUT2D eigenvalue weighted by molar-refractivity contribution is 5.94. The van der Waals surface area contributed by atoms with E-state index in [2.05, 4.69) is 10.6 Å². The van der Waals surface area contributed by atoms with Crippen molar-refractivity contribution < 1.29 is 19.5 Å². The van der Waals surface area contributed by atoms with Crippen molar-refractivity contribution in [1.82, 2.24) is 10.6 Å². The Morgan fingerprint density at radius 2 is 1.72 bits per heavy atom. The van der Waals surface area contributed by atoms with E-state index in [1.807, 2.05) is 13.8 Å². The van der Waals surface area contributed by atoms with Crippen LogP contribution in [0.4, 0.5) is 4.79 Å². The van der Waals surface area contributed by atoms with E-state index < -0.39 is 17.9 Å². The Bertz CT molecular complexity index is 288. The molecule has 0 saturated carbocycles. The normalized spacial score (nSPS) is 10.2. The summed E-state index contributed by atoms with van der Waals surface area (Å²) in [4.78, 5) is 32.8. The molecule has 18 heavy (non-hydrogen) atoms. The zero-order valence-electron chi connectivity index (χ0n) is 11.0. The third kappa shape index (κ3) is 8.55. The van der Waals surface area contributed by atoms with E-state index in [-0.39, 0.29) is 19.3 Å². The van der Waals surface area contributed by atoms with E-state index in [0.717, 1.165) is 12.8 Å². The second-order valence-electron chi connectivity index (χ2n) is 4.19. The fraction of sp³-hybridized carbons (Fsp3) is 0.750. The predicted octanol–water partition coefficient (Wildman–Crippen LogP) is 1.50. The summed E-state index contributed by atoms with van der Waals surface area (Å²) >= 11 is 0. The van der Waals surface area contributed by atoms with Crippen molar-refractivity contribution in [3.8, 4) is 0 Å². The summed E-state index contributed by atoms with van der Waals surface area (Å²) in [5.41, 5.74) is 0. The lowest BCUT2D eigenvalue weighted by Crippen LogP contribution is -2.41. The molecule has 0 rings (SSSR count). The van der Waals surface area contributed by atoms with Crippen LogP contribution in [0.1, 0.15) is 46.0 Å². The van der Waals surface area contributed by atoms with Gasteiger partial charge in [0, 0.05) is 19.4 Å². The van der Waals surface area contributed by atoms with Gasteiger partial charge in [-0.25, -0.2) is 4.79 Å². The number of rotatable bonds is 8. The zero-order chi connectivity index (χ0) is 14.0. The molecule has 0 aliphatic rings. The first-order valence-corrected chi connectivity index (χ1v) is 6.29. The van der Waals surface area contributed by atoms with Gasteiger partial charge in [-0.2, -0.15) is 0 Å².